The smallest absolute Gasteiger partial charge is 0.115 e. The summed E-state index contributed by atoms with van der Waals surface area (Å²) >= 11 is 0. The molecule has 0 amide bonds. The lowest BCUT2D eigenvalue weighted by atomic mass is 9.91. The van der Waals surface area contributed by atoms with Gasteiger partial charge in [0.1, 0.15) is 5.75 Å². The normalized spacial score (nSPS) is 31.4. The Morgan fingerprint density at radius 1 is 1.40 bits per heavy atom. The van der Waals surface area contributed by atoms with Crippen molar-refractivity contribution in [2.75, 3.05) is 13.1 Å². The first-order valence-electron chi connectivity index (χ1n) is 7.87. The van der Waals surface area contributed by atoms with E-state index in [0.717, 1.165) is 32.0 Å². The van der Waals surface area contributed by atoms with Gasteiger partial charge >= 0.3 is 0 Å². The molecule has 1 aromatic carbocycles. The highest BCUT2D eigenvalue weighted by Gasteiger charge is 2.41. The lowest BCUT2D eigenvalue weighted by molar-refractivity contribution is 0.0662. The topological polar surface area (TPSA) is 35.5 Å². The quantitative estimate of drug-likeness (QED) is 0.886. The van der Waals surface area contributed by atoms with Gasteiger partial charge in [-0.1, -0.05) is 19.1 Å². The van der Waals surface area contributed by atoms with Gasteiger partial charge in [0.25, 0.3) is 0 Å². The van der Waals surface area contributed by atoms with E-state index >= 15 is 0 Å². The second-order valence-corrected chi connectivity index (χ2v) is 6.77. The molecule has 2 fully saturated rings. The van der Waals surface area contributed by atoms with Crippen LogP contribution in [0.5, 0.6) is 5.75 Å². The number of nitrogens with one attached hydrogen (secondary N) is 1. The lowest BCUT2D eigenvalue weighted by Crippen LogP contribution is -2.62. The Balaban J connectivity index is 1.75. The fourth-order valence-corrected chi connectivity index (χ4v) is 3.35. The van der Waals surface area contributed by atoms with Crippen molar-refractivity contribution in [3.8, 4) is 5.75 Å². The largest absolute Gasteiger partial charge is 0.508 e. The Kier molecular flexibility index (Phi) is 3.74. The maximum Gasteiger partial charge on any atom is 0.115 e. The van der Waals surface area contributed by atoms with E-state index in [1.807, 2.05) is 12.1 Å². The molecule has 3 heteroatoms. The van der Waals surface area contributed by atoms with E-state index in [-0.39, 0.29) is 5.54 Å². The monoisotopic (exact) mass is 274 g/mol. The Bertz CT molecular complexity index is 472. The van der Waals surface area contributed by atoms with Crippen LogP contribution in [0, 0.1) is 5.92 Å². The van der Waals surface area contributed by atoms with E-state index < -0.39 is 0 Å². The van der Waals surface area contributed by atoms with E-state index in [1.165, 1.54) is 18.4 Å². The molecule has 1 aromatic rings. The summed E-state index contributed by atoms with van der Waals surface area (Å²) in [6.45, 7) is 7.74. The summed E-state index contributed by atoms with van der Waals surface area (Å²) in [7, 11) is 0. The number of hydrogen-bond acceptors (Lipinski definition) is 3. The van der Waals surface area contributed by atoms with E-state index in [4.69, 9.17) is 0 Å². The second kappa shape index (κ2) is 5.38. The molecular weight excluding hydrogens is 248 g/mol. The predicted octanol–water partition coefficient (Wildman–Crippen LogP) is 2.74. The van der Waals surface area contributed by atoms with Gasteiger partial charge in [0.15, 0.2) is 0 Å². The highest BCUT2D eigenvalue weighted by Crippen LogP contribution is 2.38. The standard InChI is InChI=1S/C17H26N2O/c1-3-17(2)12-19(16(10-18-17)14-7-8-14)11-13-5-4-6-15(20)9-13/h4-6,9,14,16,18,20H,3,7-8,10-12H2,1-2H3. The number of hydrogen-bond donors (Lipinski definition) is 2. The summed E-state index contributed by atoms with van der Waals surface area (Å²) in [6.07, 6.45) is 3.92. The van der Waals surface area contributed by atoms with Gasteiger partial charge in [-0.15, -0.1) is 0 Å². The molecule has 1 aliphatic carbocycles. The highest BCUT2D eigenvalue weighted by atomic mass is 16.3. The summed E-state index contributed by atoms with van der Waals surface area (Å²) in [5.41, 5.74) is 1.44. The Labute approximate surface area is 122 Å². The molecule has 3 rings (SSSR count). The van der Waals surface area contributed by atoms with Crippen molar-refractivity contribution < 1.29 is 5.11 Å². The molecule has 1 saturated heterocycles. The third-order valence-electron chi connectivity index (χ3n) is 5.00. The van der Waals surface area contributed by atoms with Crippen molar-refractivity contribution in [2.45, 2.75) is 51.2 Å². The van der Waals surface area contributed by atoms with Crippen molar-refractivity contribution in [3.05, 3.63) is 29.8 Å². The van der Waals surface area contributed by atoms with Crippen LogP contribution in [-0.4, -0.2) is 34.7 Å². The van der Waals surface area contributed by atoms with E-state index in [9.17, 15) is 5.11 Å². The van der Waals surface area contributed by atoms with Crippen LogP contribution in [0.1, 0.15) is 38.7 Å². The molecule has 20 heavy (non-hydrogen) atoms. The van der Waals surface area contributed by atoms with Crippen LogP contribution < -0.4 is 5.32 Å². The van der Waals surface area contributed by atoms with E-state index in [2.05, 4.69) is 30.1 Å². The number of phenols is 1. The molecule has 0 bridgehead atoms. The average molecular weight is 274 g/mol. The summed E-state index contributed by atoms with van der Waals surface area (Å²) in [6, 6.07) is 8.37. The van der Waals surface area contributed by atoms with Crippen LogP contribution >= 0.6 is 0 Å². The first-order valence-corrected chi connectivity index (χ1v) is 7.87. The number of piperazine rings is 1. The fourth-order valence-electron chi connectivity index (χ4n) is 3.35. The molecule has 3 nitrogen and oxygen atoms in total. The lowest BCUT2D eigenvalue weighted by Gasteiger charge is -2.46. The Morgan fingerprint density at radius 3 is 2.85 bits per heavy atom. The van der Waals surface area contributed by atoms with Gasteiger partial charge in [0.2, 0.25) is 0 Å². The SMILES string of the molecule is CCC1(C)CN(Cc2cccc(O)c2)C(C2CC2)CN1. The van der Waals surface area contributed by atoms with Crippen molar-refractivity contribution in [1.29, 1.82) is 0 Å². The van der Waals surface area contributed by atoms with E-state index in [1.54, 1.807) is 6.07 Å². The third-order valence-corrected chi connectivity index (χ3v) is 5.00. The summed E-state index contributed by atoms with van der Waals surface area (Å²) in [4.78, 5) is 2.63. The van der Waals surface area contributed by atoms with Gasteiger partial charge < -0.3 is 10.4 Å². The molecule has 110 valence electrons. The first-order chi connectivity index (χ1) is 9.59. The van der Waals surface area contributed by atoms with Crippen LogP contribution in [0.25, 0.3) is 0 Å². The number of rotatable bonds is 4. The zero-order chi connectivity index (χ0) is 14.2. The second-order valence-electron chi connectivity index (χ2n) is 6.77. The molecule has 2 N–H and O–H groups in total. The van der Waals surface area contributed by atoms with Gasteiger partial charge in [0, 0.05) is 31.2 Å². The van der Waals surface area contributed by atoms with Crippen molar-refractivity contribution in [2.24, 2.45) is 5.92 Å². The van der Waals surface area contributed by atoms with Gasteiger partial charge in [-0.2, -0.15) is 0 Å². The molecule has 2 aliphatic rings. The minimum absolute atomic E-state index is 0.224. The van der Waals surface area contributed by atoms with Crippen LogP contribution in [0.15, 0.2) is 24.3 Å². The number of nitrogens with zero attached hydrogens (tertiary/aromatic N) is 1. The summed E-state index contributed by atoms with van der Waals surface area (Å²) in [5.74, 6) is 1.25. The van der Waals surface area contributed by atoms with Crippen LogP contribution in [-0.2, 0) is 6.54 Å². The molecule has 2 unspecified atom stereocenters. The van der Waals surface area contributed by atoms with Gasteiger partial charge in [-0.05, 0) is 49.8 Å². The highest BCUT2D eigenvalue weighted by molar-refractivity contribution is 5.27. The molecule has 0 radical (unpaired) electrons. The molecule has 2 atom stereocenters. The van der Waals surface area contributed by atoms with Crippen molar-refractivity contribution >= 4 is 0 Å². The minimum atomic E-state index is 0.224. The molecular formula is C17H26N2O. The molecule has 1 heterocycles. The maximum atomic E-state index is 9.65. The predicted molar refractivity (Wildman–Crippen MR) is 81.7 cm³/mol. The summed E-state index contributed by atoms with van der Waals surface area (Å²) in [5, 5.41) is 13.4. The van der Waals surface area contributed by atoms with Crippen LogP contribution in [0.4, 0.5) is 0 Å². The zero-order valence-corrected chi connectivity index (χ0v) is 12.6. The molecule has 0 spiro atoms. The fraction of sp³-hybridized carbons (Fsp3) is 0.647. The number of aromatic hydroxyl groups is 1. The van der Waals surface area contributed by atoms with Gasteiger partial charge in [-0.3, -0.25) is 4.90 Å². The zero-order valence-electron chi connectivity index (χ0n) is 12.6. The third kappa shape index (κ3) is 2.99. The average Bonchev–Trinajstić information content (AvgIpc) is 3.23. The molecule has 0 aromatic heterocycles. The number of phenolic OH excluding ortho intramolecular Hbond substituents is 1. The number of benzene rings is 1. The first kappa shape index (κ1) is 13.9. The Morgan fingerprint density at radius 2 is 2.20 bits per heavy atom. The minimum Gasteiger partial charge on any atom is -0.508 e. The van der Waals surface area contributed by atoms with Crippen molar-refractivity contribution in [1.82, 2.24) is 10.2 Å². The summed E-state index contributed by atoms with van der Waals surface area (Å²) < 4.78 is 0. The van der Waals surface area contributed by atoms with Crippen LogP contribution in [0.2, 0.25) is 0 Å². The maximum absolute atomic E-state index is 9.65. The van der Waals surface area contributed by atoms with Crippen molar-refractivity contribution in [3.63, 3.8) is 0 Å². The van der Waals surface area contributed by atoms with E-state index in [0.29, 0.717) is 11.8 Å². The van der Waals surface area contributed by atoms with Gasteiger partial charge in [0.05, 0.1) is 0 Å². The van der Waals surface area contributed by atoms with Crippen LogP contribution in [0.3, 0.4) is 0 Å². The molecule has 1 saturated carbocycles. The molecule has 1 aliphatic heterocycles. The van der Waals surface area contributed by atoms with Gasteiger partial charge in [-0.25, -0.2) is 0 Å². The Hall–Kier alpha value is -1.06.